The molecule has 1 unspecified atom stereocenters. The first kappa shape index (κ1) is 11.1. The van der Waals surface area contributed by atoms with Crippen LogP contribution in [0.4, 0.5) is 0 Å². The molecular weight excluding hydrogens is 204 g/mol. The van der Waals surface area contributed by atoms with E-state index in [-0.39, 0.29) is 11.4 Å². The lowest BCUT2D eigenvalue weighted by molar-refractivity contribution is 0.0641. The molecule has 0 spiro atoms. The molecule has 2 rings (SSSR count). The molecule has 0 radical (unpaired) electrons. The summed E-state index contributed by atoms with van der Waals surface area (Å²) in [4.78, 5) is 17.8. The van der Waals surface area contributed by atoms with Gasteiger partial charge in [0.15, 0.2) is 0 Å². The lowest BCUT2D eigenvalue weighted by atomic mass is 10.0. The van der Waals surface area contributed by atoms with Gasteiger partial charge < -0.3 is 10.0 Å². The molecule has 1 aliphatic rings. The van der Waals surface area contributed by atoms with Crippen LogP contribution >= 0.6 is 0 Å². The predicted molar refractivity (Wildman–Crippen MR) is 60.0 cm³/mol. The maximum absolute atomic E-state index is 12.2. The Morgan fingerprint density at radius 2 is 2.12 bits per heavy atom. The monoisotopic (exact) mass is 220 g/mol. The average Bonchev–Trinajstić information content (AvgIpc) is 2.52. The number of rotatable bonds is 1. The largest absolute Gasteiger partial charge is 0.391 e. The van der Waals surface area contributed by atoms with Crippen molar-refractivity contribution in [3.8, 4) is 0 Å². The van der Waals surface area contributed by atoms with Crippen molar-refractivity contribution in [3.05, 3.63) is 30.1 Å². The average molecular weight is 220 g/mol. The first-order valence-electron chi connectivity index (χ1n) is 5.41. The summed E-state index contributed by atoms with van der Waals surface area (Å²) in [6, 6.07) is 3.40. The van der Waals surface area contributed by atoms with Gasteiger partial charge in [-0.2, -0.15) is 0 Å². The minimum Gasteiger partial charge on any atom is -0.391 e. The van der Waals surface area contributed by atoms with E-state index in [2.05, 4.69) is 4.98 Å². The SMILES string of the molecule is CC1(C)CC(O)CN1C(=O)c1ccncc1. The molecule has 0 saturated carbocycles. The molecular formula is C12H16N2O2. The first-order chi connectivity index (χ1) is 7.50. The second-order valence-electron chi connectivity index (χ2n) is 4.82. The number of pyridine rings is 1. The van der Waals surface area contributed by atoms with E-state index in [1.54, 1.807) is 29.4 Å². The van der Waals surface area contributed by atoms with Gasteiger partial charge in [0, 0.05) is 30.0 Å². The van der Waals surface area contributed by atoms with Crippen molar-refractivity contribution >= 4 is 5.91 Å². The molecule has 86 valence electrons. The Bertz CT molecular complexity index is 389. The Labute approximate surface area is 94.9 Å². The number of nitrogens with zero attached hydrogens (tertiary/aromatic N) is 2. The van der Waals surface area contributed by atoms with Crippen LogP contribution in [0.15, 0.2) is 24.5 Å². The van der Waals surface area contributed by atoms with Crippen LogP contribution in [0.5, 0.6) is 0 Å². The molecule has 1 saturated heterocycles. The number of likely N-dealkylation sites (tertiary alicyclic amines) is 1. The van der Waals surface area contributed by atoms with Gasteiger partial charge in [-0.25, -0.2) is 0 Å². The molecule has 1 aromatic heterocycles. The van der Waals surface area contributed by atoms with Gasteiger partial charge in [0.05, 0.1) is 6.10 Å². The smallest absolute Gasteiger partial charge is 0.254 e. The van der Waals surface area contributed by atoms with Crippen LogP contribution in [-0.4, -0.2) is 39.1 Å². The van der Waals surface area contributed by atoms with E-state index in [0.29, 0.717) is 18.5 Å². The van der Waals surface area contributed by atoms with E-state index in [9.17, 15) is 9.90 Å². The molecule has 1 aromatic rings. The summed E-state index contributed by atoms with van der Waals surface area (Å²) < 4.78 is 0. The van der Waals surface area contributed by atoms with Crippen molar-refractivity contribution in [3.63, 3.8) is 0 Å². The maximum Gasteiger partial charge on any atom is 0.254 e. The van der Waals surface area contributed by atoms with Crippen molar-refractivity contribution in [2.45, 2.75) is 31.9 Å². The van der Waals surface area contributed by atoms with Gasteiger partial charge in [0.1, 0.15) is 0 Å². The van der Waals surface area contributed by atoms with E-state index >= 15 is 0 Å². The van der Waals surface area contributed by atoms with Gasteiger partial charge in [-0.15, -0.1) is 0 Å². The molecule has 0 bridgehead atoms. The number of carbonyl (C=O) groups excluding carboxylic acids is 1. The molecule has 16 heavy (non-hydrogen) atoms. The quantitative estimate of drug-likeness (QED) is 0.770. The maximum atomic E-state index is 12.2. The fourth-order valence-corrected chi connectivity index (χ4v) is 2.22. The standard InChI is InChI=1S/C12H16N2O2/c1-12(2)7-10(15)8-14(12)11(16)9-3-5-13-6-4-9/h3-6,10,15H,7-8H2,1-2H3. The van der Waals surface area contributed by atoms with Crippen LogP contribution in [0.25, 0.3) is 0 Å². The second-order valence-corrected chi connectivity index (χ2v) is 4.82. The highest BCUT2D eigenvalue weighted by atomic mass is 16.3. The summed E-state index contributed by atoms with van der Waals surface area (Å²) in [5.74, 6) is -0.0380. The van der Waals surface area contributed by atoms with Gasteiger partial charge in [-0.05, 0) is 32.4 Å². The van der Waals surface area contributed by atoms with E-state index < -0.39 is 6.10 Å². The minimum atomic E-state index is -0.416. The fourth-order valence-electron chi connectivity index (χ4n) is 2.22. The van der Waals surface area contributed by atoms with E-state index in [1.807, 2.05) is 13.8 Å². The predicted octanol–water partition coefficient (Wildman–Crippen LogP) is 1.07. The number of aromatic nitrogens is 1. The number of aliphatic hydroxyl groups excluding tert-OH is 1. The fraction of sp³-hybridized carbons (Fsp3) is 0.500. The molecule has 1 aliphatic heterocycles. The van der Waals surface area contributed by atoms with E-state index in [4.69, 9.17) is 0 Å². The number of β-amino-alcohol motifs (C(OH)–C–C–N with tert-alkyl or cyclic N) is 1. The van der Waals surface area contributed by atoms with Gasteiger partial charge in [-0.3, -0.25) is 9.78 Å². The van der Waals surface area contributed by atoms with Crippen LogP contribution in [0.3, 0.4) is 0 Å². The highest BCUT2D eigenvalue weighted by molar-refractivity contribution is 5.94. The summed E-state index contributed by atoms with van der Waals surface area (Å²) in [6.07, 6.45) is 3.42. The molecule has 1 fully saturated rings. The van der Waals surface area contributed by atoms with Crippen LogP contribution in [-0.2, 0) is 0 Å². The summed E-state index contributed by atoms with van der Waals surface area (Å²) in [6.45, 7) is 4.36. The summed E-state index contributed by atoms with van der Waals surface area (Å²) in [5, 5.41) is 9.62. The molecule has 1 atom stereocenters. The molecule has 1 N–H and O–H groups in total. The van der Waals surface area contributed by atoms with E-state index in [1.165, 1.54) is 0 Å². The Kier molecular flexibility index (Phi) is 2.68. The molecule has 4 heteroatoms. The van der Waals surface area contributed by atoms with Gasteiger partial charge in [-0.1, -0.05) is 0 Å². The Balaban J connectivity index is 2.23. The van der Waals surface area contributed by atoms with Crippen molar-refractivity contribution in [2.75, 3.05) is 6.54 Å². The number of hydrogen-bond donors (Lipinski definition) is 1. The van der Waals surface area contributed by atoms with Crippen molar-refractivity contribution < 1.29 is 9.90 Å². The summed E-state index contributed by atoms with van der Waals surface area (Å²) in [5.41, 5.74) is 0.344. The number of hydrogen-bond acceptors (Lipinski definition) is 3. The zero-order valence-corrected chi connectivity index (χ0v) is 9.55. The Morgan fingerprint density at radius 1 is 1.50 bits per heavy atom. The van der Waals surface area contributed by atoms with Crippen LogP contribution in [0.2, 0.25) is 0 Å². The van der Waals surface area contributed by atoms with Crippen molar-refractivity contribution in [1.82, 2.24) is 9.88 Å². The molecule has 4 nitrogen and oxygen atoms in total. The molecule has 1 amide bonds. The first-order valence-corrected chi connectivity index (χ1v) is 5.41. The highest BCUT2D eigenvalue weighted by Gasteiger charge is 2.40. The van der Waals surface area contributed by atoms with E-state index in [0.717, 1.165) is 0 Å². The highest BCUT2D eigenvalue weighted by Crippen LogP contribution is 2.29. The summed E-state index contributed by atoms with van der Waals surface area (Å²) in [7, 11) is 0. The van der Waals surface area contributed by atoms with Crippen LogP contribution in [0, 0.1) is 0 Å². The Hall–Kier alpha value is -1.42. The van der Waals surface area contributed by atoms with Crippen LogP contribution in [0.1, 0.15) is 30.6 Å². The number of amides is 1. The lowest BCUT2D eigenvalue weighted by Gasteiger charge is -2.31. The lowest BCUT2D eigenvalue weighted by Crippen LogP contribution is -2.42. The Morgan fingerprint density at radius 3 is 2.62 bits per heavy atom. The normalized spacial score (nSPS) is 23.4. The third kappa shape index (κ3) is 1.93. The number of carbonyl (C=O) groups is 1. The van der Waals surface area contributed by atoms with Crippen LogP contribution < -0.4 is 0 Å². The topological polar surface area (TPSA) is 53.4 Å². The second kappa shape index (κ2) is 3.87. The van der Waals surface area contributed by atoms with Crippen molar-refractivity contribution in [1.29, 1.82) is 0 Å². The molecule has 2 heterocycles. The zero-order valence-electron chi connectivity index (χ0n) is 9.55. The minimum absolute atomic E-state index is 0.0380. The number of aliphatic hydroxyl groups is 1. The third-order valence-electron chi connectivity index (χ3n) is 3.03. The molecule has 0 aliphatic carbocycles. The molecule has 0 aromatic carbocycles. The third-order valence-corrected chi connectivity index (χ3v) is 3.03. The van der Waals surface area contributed by atoms with Gasteiger partial charge >= 0.3 is 0 Å². The van der Waals surface area contributed by atoms with Crippen molar-refractivity contribution in [2.24, 2.45) is 0 Å². The summed E-state index contributed by atoms with van der Waals surface area (Å²) >= 11 is 0. The van der Waals surface area contributed by atoms with Gasteiger partial charge in [0.25, 0.3) is 5.91 Å². The van der Waals surface area contributed by atoms with Gasteiger partial charge in [0.2, 0.25) is 0 Å². The zero-order chi connectivity index (χ0) is 11.8.